The fourth-order valence-corrected chi connectivity index (χ4v) is 3.62. The fourth-order valence-electron chi connectivity index (χ4n) is 3.62. The Kier molecular flexibility index (Phi) is 4.10. The molecule has 2 aliphatic carbocycles. The largest absolute Gasteiger partial charge is 0.0701 e. The van der Waals surface area contributed by atoms with Crippen molar-refractivity contribution in [2.75, 3.05) is 0 Å². The van der Waals surface area contributed by atoms with E-state index in [1.165, 1.54) is 49.7 Å². The number of benzene rings is 1. The quantitative estimate of drug-likeness (QED) is 0.634. The van der Waals surface area contributed by atoms with Crippen LogP contribution in [-0.2, 0) is 6.42 Å². The smallest absolute Gasteiger partial charge is 0.00638 e. The molecule has 106 valence electrons. The van der Waals surface area contributed by atoms with Crippen molar-refractivity contribution in [3.8, 4) is 0 Å². The molecule has 1 saturated carbocycles. The molecule has 0 atom stereocenters. The summed E-state index contributed by atoms with van der Waals surface area (Å²) in [6.45, 7) is 4.51. The summed E-state index contributed by atoms with van der Waals surface area (Å²) in [5, 5.41) is 0. The molecule has 0 heteroatoms. The van der Waals surface area contributed by atoms with Gasteiger partial charge in [0.05, 0.1) is 0 Å². The number of allylic oxidation sites excluding steroid dienone is 4. The van der Waals surface area contributed by atoms with Crippen molar-refractivity contribution < 1.29 is 0 Å². The predicted molar refractivity (Wildman–Crippen MR) is 87.0 cm³/mol. The van der Waals surface area contributed by atoms with Crippen LogP contribution in [0.1, 0.15) is 69.4 Å². The number of hydrogen-bond acceptors (Lipinski definition) is 0. The van der Waals surface area contributed by atoms with Crippen molar-refractivity contribution >= 4 is 0 Å². The Labute approximate surface area is 123 Å². The molecular weight excluding hydrogens is 240 g/mol. The maximum Gasteiger partial charge on any atom is -0.00638 e. The minimum absolute atomic E-state index is 0.839. The predicted octanol–water partition coefficient (Wildman–Crippen LogP) is 5.94. The molecule has 0 unspecified atom stereocenters. The molecule has 0 saturated heterocycles. The first-order valence-electron chi connectivity index (χ1n) is 8.17. The summed E-state index contributed by atoms with van der Waals surface area (Å²) in [6.07, 6.45) is 11.7. The van der Waals surface area contributed by atoms with Crippen LogP contribution in [-0.4, -0.2) is 0 Å². The molecule has 0 spiro atoms. The first-order valence-corrected chi connectivity index (χ1v) is 8.17. The fraction of sp³-hybridized carbons (Fsp3) is 0.500. The van der Waals surface area contributed by atoms with Gasteiger partial charge in [0.25, 0.3) is 0 Å². The Hall–Kier alpha value is -1.30. The lowest BCUT2D eigenvalue weighted by atomic mass is 9.89. The van der Waals surface area contributed by atoms with Gasteiger partial charge in [0.1, 0.15) is 0 Å². The van der Waals surface area contributed by atoms with E-state index in [2.05, 4.69) is 44.2 Å². The molecule has 0 radical (unpaired) electrons. The molecular formula is C20H26. The van der Waals surface area contributed by atoms with E-state index in [4.69, 9.17) is 0 Å². The molecule has 0 aromatic heterocycles. The first-order chi connectivity index (χ1) is 9.72. The highest BCUT2D eigenvalue weighted by atomic mass is 14.2. The Bertz CT molecular complexity index is 522. The van der Waals surface area contributed by atoms with Gasteiger partial charge in [-0.2, -0.15) is 0 Å². The van der Waals surface area contributed by atoms with Crippen LogP contribution in [0.4, 0.5) is 0 Å². The van der Waals surface area contributed by atoms with Crippen LogP contribution in [0.15, 0.2) is 47.1 Å². The number of hydrogen-bond donors (Lipinski definition) is 0. The zero-order valence-electron chi connectivity index (χ0n) is 12.9. The average molecular weight is 266 g/mol. The van der Waals surface area contributed by atoms with Gasteiger partial charge in [-0.15, -0.1) is 0 Å². The molecule has 1 fully saturated rings. The summed E-state index contributed by atoms with van der Waals surface area (Å²) >= 11 is 0. The Morgan fingerprint density at radius 1 is 0.950 bits per heavy atom. The minimum Gasteiger partial charge on any atom is -0.0701 e. The van der Waals surface area contributed by atoms with Crippen LogP contribution in [0.25, 0.3) is 0 Å². The van der Waals surface area contributed by atoms with Gasteiger partial charge in [-0.25, -0.2) is 0 Å². The normalized spacial score (nSPS) is 20.4. The van der Waals surface area contributed by atoms with Crippen molar-refractivity contribution in [1.82, 2.24) is 0 Å². The van der Waals surface area contributed by atoms with Gasteiger partial charge >= 0.3 is 0 Å². The Balaban J connectivity index is 1.68. The van der Waals surface area contributed by atoms with Crippen LogP contribution >= 0.6 is 0 Å². The molecule has 0 nitrogen and oxygen atoms in total. The zero-order chi connectivity index (χ0) is 13.9. The summed E-state index contributed by atoms with van der Waals surface area (Å²) in [7, 11) is 0. The summed E-state index contributed by atoms with van der Waals surface area (Å²) in [5.74, 6) is 0.839. The molecule has 0 N–H and O–H groups in total. The van der Waals surface area contributed by atoms with E-state index in [1.54, 1.807) is 16.7 Å². The lowest BCUT2D eigenvalue weighted by Crippen LogP contribution is -1.99. The van der Waals surface area contributed by atoms with Crippen LogP contribution in [0.2, 0.25) is 0 Å². The zero-order valence-corrected chi connectivity index (χ0v) is 12.9. The molecule has 0 amide bonds. The minimum atomic E-state index is 0.839. The van der Waals surface area contributed by atoms with Crippen molar-refractivity contribution in [3.63, 3.8) is 0 Å². The highest BCUT2D eigenvalue weighted by molar-refractivity contribution is 5.35. The molecule has 3 rings (SSSR count). The van der Waals surface area contributed by atoms with Gasteiger partial charge < -0.3 is 0 Å². The second-order valence-electron chi connectivity index (χ2n) is 6.67. The first kappa shape index (κ1) is 13.7. The van der Waals surface area contributed by atoms with Gasteiger partial charge in [0.15, 0.2) is 0 Å². The average Bonchev–Trinajstić information content (AvgIpc) is 2.98. The van der Waals surface area contributed by atoms with Crippen molar-refractivity contribution in [1.29, 1.82) is 0 Å². The Morgan fingerprint density at radius 3 is 2.30 bits per heavy atom. The summed E-state index contributed by atoms with van der Waals surface area (Å²) in [4.78, 5) is 0. The van der Waals surface area contributed by atoms with E-state index in [0.29, 0.717) is 0 Å². The molecule has 2 aliphatic rings. The molecule has 1 aromatic rings. The topological polar surface area (TPSA) is 0 Å². The lowest BCUT2D eigenvalue weighted by molar-refractivity contribution is 0.722. The third-order valence-corrected chi connectivity index (χ3v) is 5.15. The van der Waals surface area contributed by atoms with E-state index in [-0.39, 0.29) is 0 Å². The Morgan fingerprint density at radius 2 is 1.65 bits per heavy atom. The van der Waals surface area contributed by atoms with Crippen LogP contribution in [0, 0.1) is 0 Å². The van der Waals surface area contributed by atoms with Crippen molar-refractivity contribution in [3.05, 3.63) is 58.2 Å². The van der Waals surface area contributed by atoms with Crippen molar-refractivity contribution in [2.45, 2.75) is 64.7 Å². The van der Waals surface area contributed by atoms with Gasteiger partial charge in [0.2, 0.25) is 0 Å². The van der Waals surface area contributed by atoms with Crippen LogP contribution in [0.3, 0.4) is 0 Å². The van der Waals surface area contributed by atoms with Crippen molar-refractivity contribution in [2.24, 2.45) is 0 Å². The molecule has 0 heterocycles. The highest BCUT2D eigenvalue weighted by Gasteiger charge is 2.16. The van der Waals surface area contributed by atoms with E-state index in [1.807, 2.05) is 0 Å². The second kappa shape index (κ2) is 5.99. The summed E-state index contributed by atoms with van der Waals surface area (Å²) in [5.41, 5.74) is 7.68. The molecule has 0 aliphatic heterocycles. The lowest BCUT2D eigenvalue weighted by Gasteiger charge is -2.16. The van der Waals surface area contributed by atoms with Gasteiger partial charge in [-0.05, 0) is 63.0 Å². The molecule has 1 aromatic carbocycles. The van der Waals surface area contributed by atoms with E-state index < -0.39 is 0 Å². The summed E-state index contributed by atoms with van der Waals surface area (Å²) in [6, 6.07) is 9.47. The highest BCUT2D eigenvalue weighted by Crippen LogP contribution is 2.34. The third kappa shape index (κ3) is 3.06. The maximum atomic E-state index is 2.41. The molecule has 0 bridgehead atoms. The van der Waals surface area contributed by atoms with E-state index >= 15 is 0 Å². The van der Waals surface area contributed by atoms with Crippen LogP contribution in [0.5, 0.6) is 0 Å². The van der Waals surface area contributed by atoms with E-state index in [0.717, 1.165) is 12.3 Å². The monoisotopic (exact) mass is 266 g/mol. The SMILES string of the molecule is CC1=C(C)CCC(Cc2ccc(C3CCCC3)cc2)=C1. The van der Waals surface area contributed by atoms with E-state index in [9.17, 15) is 0 Å². The summed E-state index contributed by atoms with van der Waals surface area (Å²) < 4.78 is 0. The third-order valence-electron chi connectivity index (χ3n) is 5.15. The van der Waals surface area contributed by atoms with Crippen LogP contribution < -0.4 is 0 Å². The van der Waals surface area contributed by atoms with Gasteiger partial charge in [-0.3, -0.25) is 0 Å². The molecule has 20 heavy (non-hydrogen) atoms. The van der Waals surface area contributed by atoms with Gasteiger partial charge in [-0.1, -0.05) is 59.9 Å². The standard InChI is InChI=1S/C20H26/c1-15-7-8-18(13-16(15)2)14-17-9-11-20(12-10-17)19-5-3-4-6-19/h9-13,19H,3-8,14H2,1-2H3. The second-order valence-corrected chi connectivity index (χ2v) is 6.67. The van der Waals surface area contributed by atoms with Gasteiger partial charge in [0, 0.05) is 0 Å². The number of rotatable bonds is 3. The maximum absolute atomic E-state index is 2.41.